The summed E-state index contributed by atoms with van der Waals surface area (Å²) in [5, 5.41) is 6.88. The van der Waals surface area contributed by atoms with Crippen molar-refractivity contribution in [1.29, 1.82) is 0 Å². The van der Waals surface area contributed by atoms with Gasteiger partial charge in [0.1, 0.15) is 12.7 Å². The van der Waals surface area contributed by atoms with E-state index in [-0.39, 0.29) is 24.4 Å². The molecule has 0 saturated heterocycles. The van der Waals surface area contributed by atoms with Gasteiger partial charge < -0.3 is 10.2 Å². The number of nitrogens with zero attached hydrogens (tertiary/aromatic N) is 4. The number of carbonyl (C=O) groups excluding carboxylic acids is 1. The summed E-state index contributed by atoms with van der Waals surface area (Å²) in [5.41, 5.74) is 1.86. The first-order chi connectivity index (χ1) is 14.4. The highest BCUT2D eigenvalue weighted by molar-refractivity contribution is 7.91. The third-order valence-corrected chi connectivity index (χ3v) is 6.74. The summed E-state index contributed by atoms with van der Waals surface area (Å²) < 4.78 is 26.2. The summed E-state index contributed by atoms with van der Waals surface area (Å²) >= 11 is 0. The van der Waals surface area contributed by atoms with Gasteiger partial charge in [0.05, 0.1) is 22.4 Å². The molecule has 158 valence electrons. The molecule has 30 heavy (non-hydrogen) atoms. The maximum atomic E-state index is 12.4. The Balaban J connectivity index is 1.49. The molecule has 3 aromatic rings. The average molecular weight is 428 g/mol. The van der Waals surface area contributed by atoms with Gasteiger partial charge in [0, 0.05) is 13.6 Å². The van der Waals surface area contributed by atoms with Gasteiger partial charge in [0.25, 0.3) is 0 Å². The van der Waals surface area contributed by atoms with Gasteiger partial charge in [-0.25, -0.2) is 22.9 Å². The zero-order chi connectivity index (χ0) is 21.6. The van der Waals surface area contributed by atoms with Crippen LogP contribution in [-0.2, 0) is 9.84 Å². The molecule has 1 unspecified atom stereocenters. The highest BCUT2D eigenvalue weighted by Crippen LogP contribution is 2.20. The van der Waals surface area contributed by atoms with Crippen molar-refractivity contribution in [3.63, 3.8) is 0 Å². The molecule has 1 heterocycles. The summed E-state index contributed by atoms with van der Waals surface area (Å²) in [4.78, 5) is 18.3. The fraction of sp³-hybridized carbons (Fsp3) is 0.286. The minimum atomic E-state index is -3.34. The van der Waals surface area contributed by atoms with Crippen molar-refractivity contribution >= 4 is 15.9 Å². The molecule has 3 rings (SSSR count). The van der Waals surface area contributed by atoms with E-state index in [1.807, 2.05) is 31.2 Å². The van der Waals surface area contributed by atoms with E-state index in [0.29, 0.717) is 11.3 Å². The fourth-order valence-corrected chi connectivity index (χ4v) is 4.31. The summed E-state index contributed by atoms with van der Waals surface area (Å²) in [5.74, 6) is -0.0136. The van der Waals surface area contributed by atoms with Crippen LogP contribution >= 0.6 is 0 Å². The van der Waals surface area contributed by atoms with Crippen LogP contribution in [0.3, 0.4) is 0 Å². The van der Waals surface area contributed by atoms with Crippen molar-refractivity contribution in [2.75, 3.05) is 19.3 Å². The Morgan fingerprint density at radius 3 is 2.47 bits per heavy atom. The summed E-state index contributed by atoms with van der Waals surface area (Å²) in [6, 6.07) is 15.7. The third kappa shape index (κ3) is 5.24. The number of sulfone groups is 1. The normalized spacial score (nSPS) is 12.3. The van der Waals surface area contributed by atoms with Gasteiger partial charge in [-0.1, -0.05) is 30.3 Å². The molecule has 2 amide bonds. The number of hydrogen-bond donors (Lipinski definition) is 1. The Hall–Kier alpha value is -3.20. The van der Waals surface area contributed by atoms with Crippen LogP contribution in [0.1, 0.15) is 24.9 Å². The van der Waals surface area contributed by atoms with E-state index < -0.39 is 9.84 Å². The molecule has 9 heteroatoms. The number of aromatic nitrogens is 3. The molecule has 8 nitrogen and oxygen atoms in total. The van der Waals surface area contributed by atoms with Crippen LogP contribution in [0.25, 0.3) is 5.69 Å². The highest BCUT2D eigenvalue weighted by atomic mass is 32.2. The Morgan fingerprint density at radius 2 is 1.83 bits per heavy atom. The largest absolute Gasteiger partial charge is 0.338 e. The number of nitrogens with one attached hydrogen (secondary N) is 1. The number of benzene rings is 2. The van der Waals surface area contributed by atoms with E-state index in [0.717, 1.165) is 11.3 Å². The minimum absolute atomic E-state index is 0.0136. The molecule has 0 fully saturated rings. The number of hydrogen-bond acceptors (Lipinski definition) is 5. The first kappa shape index (κ1) is 21.5. The number of carbonyl (C=O) groups is 1. The van der Waals surface area contributed by atoms with E-state index >= 15 is 0 Å². The monoisotopic (exact) mass is 427 g/mol. The second kappa shape index (κ2) is 9.53. The lowest BCUT2D eigenvalue weighted by molar-refractivity contribution is 0.194. The zero-order valence-corrected chi connectivity index (χ0v) is 17.8. The van der Waals surface area contributed by atoms with Gasteiger partial charge in [-0.05, 0) is 43.2 Å². The lowest BCUT2D eigenvalue weighted by Gasteiger charge is -2.25. The Kier molecular flexibility index (Phi) is 6.83. The van der Waals surface area contributed by atoms with Crippen molar-refractivity contribution in [2.45, 2.75) is 24.3 Å². The fourth-order valence-electron chi connectivity index (χ4n) is 2.97. The number of urea groups is 1. The molecule has 0 saturated carbocycles. The maximum Gasteiger partial charge on any atom is 0.317 e. The van der Waals surface area contributed by atoms with Crippen molar-refractivity contribution in [3.05, 3.63) is 72.8 Å². The predicted molar refractivity (Wildman–Crippen MR) is 114 cm³/mol. The SMILES string of the molecule is CC(c1ccc(-n2cncn2)cc1)N(C)C(=O)NCCCS(=O)(=O)c1ccccc1. The molecule has 2 aromatic carbocycles. The summed E-state index contributed by atoms with van der Waals surface area (Å²) in [6.45, 7) is 2.22. The average Bonchev–Trinajstić information content (AvgIpc) is 3.31. The van der Waals surface area contributed by atoms with Crippen LogP contribution in [0.4, 0.5) is 4.79 Å². The first-order valence-corrected chi connectivity index (χ1v) is 11.3. The number of rotatable bonds is 8. The molecular weight excluding hydrogens is 402 g/mol. The van der Waals surface area contributed by atoms with E-state index in [1.54, 1.807) is 53.3 Å². The van der Waals surface area contributed by atoms with Gasteiger partial charge in [-0.2, -0.15) is 5.10 Å². The van der Waals surface area contributed by atoms with Crippen LogP contribution in [0, 0.1) is 0 Å². The second-order valence-electron chi connectivity index (χ2n) is 6.94. The molecule has 0 bridgehead atoms. The predicted octanol–water partition coefficient (Wildman–Crippen LogP) is 2.83. The van der Waals surface area contributed by atoms with Crippen LogP contribution in [0.15, 0.2) is 72.1 Å². The van der Waals surface area contributed by atoms with Gasteiger partial charge >= 0.3 is 6.03 Å². The Labute approximate surface area is 176 Å². The topological polar surface area (TPSA) is 97.2 Å². The van der Waals surface area contributed by atoms with E-state index in [4.69, 9.17) is 0 Å². The molecule has 1 atom stereocenters. The van der Waals surface area contributed by atoms with Crippen LogP contribution < -0.4 is 5.32 Å². The van der Waals surface area contributed by atoms with Crippen molar-refractivity contribution in [3.8, 4) is 5.69 Å². The van der Waals surface area contributed by atoms with Crippen LogP contribution in [-0.4, -0.2) is 53.5 Å². The Bertz CT molecular complexity index is 1050. The Morgan fingerprint density at radius 1 is 1.13 bits per heavy atom. The molecule has 0 spiro atoms. The van der Waals surface area contributed by atoms with Crippen LogP contribution in [0.2, 0.25) is 0 Å². The molecule has 1 N–H and O–H groups in total. The van der Waals surface area contributed by atoms with Gasteiger partial charge in [-0.3, -0.25) is 0 Å². The van der Waals surface area contributed by atoms with Crippen molar-refractivity contribution < 1.29 is 13.2 Å². The quantitative estimate of drug-likeness (QED) is 0.558. The van der Waals surface area contributed by atoms with E-state index in [2.05, 4.69) is 15.4 Å². The van der Waals surface area contributed by atoms with Gasteiger partial charge in [0.15, 0.2) is 9.84 Å². The van der Waals surface area contributed by atoms with Crippen LogP contribution in [0.5, 0.6) is 0 Å². The molecule has 0 aliphatic carbocycles. The minimum Gasteiger partial charge on any atom is -0.338 e. The number of amides is 2. The summed E-state index contributed by atoms with van der Waals surface area (Å²) in [7, 11) is -1.62. The molecule has 1 aromatic heterocycles. The van der Waals surface area contributed by atoms with Crippen molar-refractivity contribution in [1.82, 2.24) is 25.0 Å². The second-order valence-corrected chi connectivity index (χ2v) is 9.05. The standard InChI is InChI=1S/C21H25N5O3S/c1-17(18-9-11-19(12-10-18)26-16-22-15-24-26)25(2)21(27)23-13-6-14-30(28,29)20-7-4-3-5-8-20/h3-5,7-12,15-17H,6,13-14H2,1-2H3,(H,23,27). The van der Waals surface area contributed by atoms with Gasteiger partial charge in [-0.15, -0.1) is 0 Å². The van der Waals surface area contributed by atoms with E-state index in [1.165, 1.54) is 6.33 Å². The first-order valence-electron chi connectivity index (χ1n) is 9.62. The van der Waals surface area contributed by atoms with Gasteiger partial charge in [0.2, 0.25) is 0 Å². The lowest BCUT2D eigenvalue weighted by atomic mass is 10.1. The molecule has 0 aliphatic rings. The summed E-state index contributed by atoms with van der Waals surface area (Å²) in [6.07, 6.45) is 3.44. The van der Waals surface area contributed by atoms with E-state index in [9.17, 15) is 13.2 Å². The molecule has 0 aliphatic heterocycles. The zero-order valence-electron chi connectivity index (χ0n) is 17.0. The lowest BCUT2D eigenvalue weighted by Crippen LogP contribution is -2.39. The van der Waals surface area contributed by atoms with Crippen molar-refractivity contribution in [2.24, 2.45) is 0 Å². The molecular formula is C21H25N5O3S. The third-order valence-electron chi connectivity index (χ3n) is 4.93. The highest BCUT2D eigenvalue weighted by Gasteiger charge is 2.18. The maximum absolute atomic E-state index is 12.4. The smallest absolute Gasteiger partial charge is 0.317 e. The molecule has 0 radical (unpaired) electrons.